The van der Waals surface area contributed by atoms with Crippen molar-refractivity contribution < 1.29 is 27.9 Å². The minimum atomic E-state index is -4.54. The molecule has 0 spiro atoms. The van der Waals surface area contributed by atoms with Crippen LogP contribution >= 0.6 is 0 Å². The molecule has 1 N–H and O–H groups in total. The summed E-state index contributed by atoms with van der Waals surface area (Å²) in [6, 6.07) is 6.59. The fourth-order valence-corrected chi connectivity index (χ4v) is 2.77. The van der Waals surface area contributed by atoms with E-state index in [4.69, 9.17) is 4.74 Å². The van der Waals surface area contributed by atoms with E-state index in [9.17, 15) is 28.4 Å². The molecular weight excluding hydrogens is 379 g/mol. The van der Waals surface area contributed by atoms with Crippen LogP contribution in [0.5, 0.6) is 5.75 Å². The van der Waals surface area contributed by atoms with E-state index in [0.29, 0.717) is 32.0 Å². The molecule has 0 saturated carbocycles. The van der Waals surface area contributed by atoms with Gasteiger partial charge in [-0.3, -0.25) is 15.1 Å². The molecule has 0 atom stereocenters. The van der Waals surface area contributed by atoms with Gasteiger partial charge in [0.2, 0.25) is 0 Å². The summed E-state index contributed by atoms with van der Waals surface area (Å²) in [6.45, 7) is 1.87. The number of alkyl halides is 3. The van der Waals surface area contributed by atoms with Crippen molar-refractivity contribution in [3.8, 4) is 5.75 Å². The van der Waals surface area contributed by atoms with Gasteiger partial charge in [0.1, 0.15) is 5.75 Å². The first-order valence-electron chi connectivity index (χ1n) is 8.31. The molecule has 1 heterocycles. The van der Waals surface area contributed by atoms with Gasteiger partial charge in [-0.15, -0.1) is 0 Å². The predicted octanol–water partition coefficient (Wildman–Crippen LogP) is 3.91. The van der Waals surface area contributed by atoms with Crippen molar-refractivity contribution in [2.45, 2.75) is 6.18 Å². The second kappa shape index (κ2) is 7.85. The lowest BCUT2D eigenvalue weighted by atomic mass is 10.1. The Morgan fingerprint density at radius 3 is 2.54 bits per heavy atom. The number of hydrogen-bond acceptors (Lipinski definition) is 6. The molecular formula is C18H16F3N3O4. The highest BCUT2D eigenvalue weighted by Gasteiger charge is 2.31. The molecule has 2 aromatic rings. The molecule has 0 aliphatic carbocycles. The first-order valence-corrected chi connectivity index (χ1v) is 8.31. The number of phenols is 1. The summed E-state index contributed by atoms with van der Waals surface area (Å²) >= 11 is 0. The van der Waals surface area contributed by atoms with Crippen LogP contribution in [0.2, 0.25) is 0 Å². The number of benzene rings is 2. The molecule has 3 rings (SSSR count). The Morgan fingerprint density at radius 1 is 1.18 bits per heavy atom. The van der Waals surface area contributed by atoms with Crippen LogP contribution in [0.4, 0.5) is 30.2 Å². The van der Waals surface area contributed by atoms with E-state index in [-0.39, 0.29) is 22.7 Å². The van der Waals surface area contributed by atoms with Gasteiger partial charge in [0, 0.05) is 37.0 Å². The number of anilines is 1. The quantitative estimate of drug-likeness (QED) is 0.482. The Morgan fingerprint density at radius 2 is 1.89 bits per heavy atom. The van der Waals surface area contributed by atoms with Crippen LogP contribution in [0.3, 0.4) is 0 Å². The van der Waals surface area contributed by atoms with Crippen molar-refractivity contribution >= 4 is 23.3 Å². The van der Waals surface area contributed by atoms with E-state index in [2.05, 4.69) is 4.99 Å². The van der Waals surface area contributed by atoms with Crippen LogP contribution in [0.25, 0.3) is 0 Å². The average molecular weight is 395 g/mol. The fraction of sp³-hybridized carbons (Fsp3) is 0.278. The maximum Gasteiger partial charge on any atom is 0.416 e. The van der Waals surface area contributed by atoms with Crippen LogP contribution in [0.15, 0.2) is 41.4 Å². The van der Waals surface area contributed by atoms with E-state index in [1.54, 1.807) is 0 Å². The lowest BCUT2D eigenvalue weighted by Crippen LogP contribution is -2.36. The number of morpholine rings is 1. The zero-order chi connectivity index (χ0) is 20.3. The highest BCUT2D eigenvalue weighted by atomic mass is 19.4. The number of nitro benzene ring substituents is 1. The molecule has 0 amide bonds. The SMILES string of the molecule is O=[N+]([O-])c1ccc(O)c(C=Nc2cc(C(F)(F)F)ccc2N2CCOCC2)c1. The van der Waals surface area contributed by atoms with Gasteiger partial charge in [-0.25, -0.2) is 0 Å². The number of hydrogen-bond donors (Lipinski definition) is 1. The molecule has 0 aromatic heterocycles. The number of halogens is 3. The zero-order valence-electron chi connectivity index (χ0n) is 14.5. The van der Waals surface area contributed by atoms with E-state index in [1.165, 1.54) is 6.07 Å². The van der Waals surface area contributed by atoms with Crippen LogP contribution in [-0.2, 0) is 10.9 Å². The Labute approximate surface area is 157 Å². The van der Waals surface area contributed by atoms with Gasteiger partial charge in [0.25, 0.3) is 5.69 Å². The number of aromatic hydroxyl groups is 1. The van der Waals surface area contributed by atoms with E-state index in [1.807, 2.05) is 4.90 Å². The third kappa shape index (κ3) is 4.39. The Kier molecular flexibility index (Phi) is 5.50. The van der Waals surface area contributed by atoms with Crippen LogP contribution < -0.4 is 4.90 Å². The van der Waals surface area contributed by atoms with Crippen molar-refractivity contribution in [1.82, 2.24) is 0 Å². The molecule has 2 aromatic carbocycles. The second-order valence-electron chi connectivity index (χ2n) is 6.06. The summed E-state index contributed by atoms with van der Waals surface area (Å²) in [6.07, 6.45) is -3.43. The Hall–Kier alpha value is -3.14. The minimum absolute atomic E-state index is 0.0274. The average Bonchev–Trinajstić information content (AvgIpc) is 2.67. The first kappa shape index (κ1) is 19.6. The summed E-state index contributed by atoms with van der Waals surface area (Å²) in [4.78, 5) is 16.2. The van der Waals surface area contributed by atoms with Crippen molar-refractivity contribution in [2.75, 3.05) is 31.2 Å². The van der Waals surface area contributed by atoms with E-state index < -0.39 is 16.7 Å². The van der Waals surface area contributed by atoms with Gasteiger partial charge in [-0.1, -0.05) is 0 Å². The standard InChI is InChI=1S/C18H16F3N3O4/c19-18(20,21)13-1-3-16(23-5-7-28-8-6-23)15(10-13)22-11-12-9-14(24(26)27)2-4-17(12)25/h1-4,9-11,25H,5-8H2. The molecule has 0 radical (unpaired) electrons. The lowest BCUT2D eigenvalue weighted by molar-refractivity contribution is -0.384. The summed E-state index contributed by atoms with van der Waals surface area (Å²) in [5.74, 6) is -0.269. The van der Waals surface area contributed by atoms with Crippen molar-refractivity contribution in [3.05, 3.63) is 57.6 Å². The largest absolute Gasteiger partial charge is 0.507 e. The number of nitro groups is 1. The van der Waals surface area contributed by atoms with Gasteiger partial charge in [-0.2, -0.15) is 13.2 Å². The maximum absolute atomic E-state index is 13.1. The molecule has 28 heavy (non-hydrogen) atoms. The summed E-state index contributed by atoms with van der Waals surface area (Å²) in [7, 11) is 0. The molecule has 7 nitrogen and oxygen atoms in total. The van der Waals surface area contributed by atoms with Crippen LogP contribution in [-0.4, -0.2) is 42.5 Å². The number of aliphatic imine (C=N–C) groups is 1. The van der Waals surface area contributed by atoms with Gasteiger partial charge in [-0.05, 0) is 24.3 Å². The van der Waals surface area contributed by atoms with Crippen molar-refractivity contribution in [3.63, 3.8) is 0 Å². The van der Waals surface area contributed by atoms with Crippen LogP contribution in [0, 0.1) is 10.1 Å². The van der Waals surface area contributed by atoms with Crippen molar-refractivity contribution in [2.24, 2.45) is 4.99 Å². The molecule has 1 aliphatic rings. The molecule has 1 aliphatic heterocycles. The molecule has 1 saturated heterocycles. The molecule has 0 bridgehead atoms. The highest BCUT2D eigenvalue weighted by Crippen LogP contribution is 2.37. The number of phenolic OH excluding ortho intramolecular Hbond substituents is 1. The lowest BCUT2D eigenvalue weighted by Gasteiger charge is -2.30. The minimum Gasteiger partial charge on any atom is -0.507 e. The summed E-state index contributed by atoms with van der Waals surface area (Å²) in [5.41, 5.74) is -0.573. The predicted molar refractivity (Wildman–Crippen MR) is 96.5 cm³/mol. The summed E-state index contributed by atoms with van der Waals surface area (Å²) in [5, 5.41) is 20.8. The highest BCUT2D eigenvalue weighted by molar-refractivity contribution is 5.88. The number of ether oxygens (including phenoxy) is 1. The Bertz CT molecular complexity index is 909. The first-order chi connectivity index (χ1) is 13.3. The van der Waals surface area contributed by atoms with Crippen molar-refractivity contribution in [1.29, 1.82) is 0 Å². The van der Waals surface area contributed by atoms with Gasteiger partial charge >= 0.3 is 6.18 Å². The zero-order valence-corrected chi connectivity index (χ0v) is 14.5. The third-order valence-corrected chi connectivity index (χ3v) is 4.22. The molecule has 148 valence electrons. The fourth-order valence-electron chi connectivity index (χ4n) is 2.77. The van der Waals surface area contributed by atoms with Gasteiger partial charge in [0.15, 0.2) is 0 Å². The summed E-state index contributed by atoms with van der Waals surface area (Å²) < 4.78 is 44.6. The normalized spacial score (nSPS) is 15.2. The van der Waals surface area contributed by atoms with Gasteiger partial charge < -0.3 is 14.7 Å². The maximum atomic E-state index is 13.1. The second-order valence-corrected chi connectivity index (χ2v) is 6.06. The molecule has 10 heteroatoms. The Balaban J connectivity index is 2.02. The van der Waals surface area contributed by atoms with Crippen LogP contribution in [0.1, 0.15) is 11.1 Å². The number of non-ortho nitro benzene ring substituents is 1. The third-order valence-electron chi connectivity index (χ3n) is 4.22. The smallest absolute Gasteiger partial charge is 0.416 e. The molecule has 1 fully saturated rings. The monoisotopic (exact) mass is 395 g/mol. The van der Waals surface area contributed by atoms with Gasteiger partial charge in [0.05, 0.1) is 35.1 Å². The topological polar surface area (TPSA) is 88.2 Å². The van der Waals surface area contributed by atoms with E-state index in [0.717, 1.165) is 36.5 Å². The number of rotatable bonds is 4. The number of nitrogens with zero attached hydrogens (tertiary/aromatic N) is 3. The van der Waals surface area contributed by atoms with E-state index >= 15 is 0 Å². The molecule has 0 unspecified atom stereocenters.